The Bertz CT molecular complexity index is 529. The zero-order valence-corrected chi connectivity index (χ0v) is 12.3. The monoisotopic (exact) mass is 289 g/mol. The lowest BCUT2D eigenvalue weighted by atomic mass is 9.75. The normalized spacial score (nSPS) is 26.3. The number of phenols is 2. The van der Waals surface area contributed by atoms with E-state index in [0.29, 0.717) is 12.1 Å². The molecule has 1 saturated heterocycles. The third-order valence-corrected chi connectivity index (χ3v) is 5.04. The number of ketones is 1. The molecule has 21 heavy (non-hydrogen) atoms. The Kier molecular flexibility index (Phi) is 4.15. The lowest BCUT2D eigenvalue weighted by molar-refractivity contribution is 0.0712. The number of likely N-dealkylation sites (tertiary alicyclic amines) is 1. The number of piperidine rings is 1. The average Bonchev–Trinajstić information content (AvgIpc) is 2.50. The van der Waals surface area contributed by atoms with Crippen molar-refractivity contribution in [2.75, 3.05) is 19.6 Å². The number of nitrogens with zero attached hydrogens (tertiary/aromatic N) is 1. The van der Waals surface area contributed by atoms with Gasteiger partial charge in [-0.15, -0.1) is 0 Å². The molecule has 1 saturated carbocycles. The summed E-state index contributed by atoms with van der Waals surface area (Å²) in [6.07, 6.45) is 6.56. The number of aromatic hydroxyl groups is 2. The van der Waals surface area contributed by atoms with Crippen molar-refractivity contribution < 1.29 is 15.0 Å². The molecule has 1 aromatic carbocycles. The van der Waals surface area contributed by atoms with Crippen LogP contribution in [0.3, 0.4) is 0 Å². The topological polar surface area (TPSA) is 60.8 Å². The van der Waals surface area contributed by atoms with Crippen LogP contribution in [0.2, 0.25) is 0 Å². The first-order valence-corrected chi connectivity index (χ1v) is 7.91. The van der Waals surface area contributed by atoms with Crippen molar-refractivity contribution in [1.29, 1.82) is 0 Å². The summed E-state index contributed by atoms with van der Waals surface area (Å²) in [5, 5.41) is 18.8. The number of hydrogen-bond acceptors (Lipinski definition) is 4. The molecular weight excluding hydrogens is 266 g/mol. The van der Waals surface area contributed by atoms with E-state index in [0.717, 1.165) is 24.9 Å². The molecule has 1 aliphatic carbocycles. The van der Waals surface area contributed by atoms with Crippen molar-refractivity contribution in [3.63, 3.8) is 0 Å². The molecule has 0 bridgehead atoms. The van der Waals surface area contributed by atoms with E-state index in [2.05, 4.69) is 4.90 Å². The summed E-state index contributed by atoms with van der Waals surface area (Å²) in [6.45, 7) is 2.44. The van der Waals surface area contributed by atoms with E-state index in [4.69, 9.17) is 0 Å². The number of carbonyl (C=O) groups excluding carboxylic acids is 1. The summed E-state index contributed by atoms with van der Waals surface area (Å²) in [7, 11) is 0. The lowest BCUT2D eigenvalue weighted by Crippen LogP contribution is -2.43. The van der Waals surface area contributed by atoms with Gasteiger partial charge in [0.05, 0.1) is 6.54 Å². The summed E-state index contributed by atoms with van der Waals surface area (Å²) in [5.74, 6) is 1.22. The van der Waals surface area contributed by atoms with Gasteiger partial charge in [0.1, 0.15) is 0 Å². The number of Topliss-reactive ketones (excluding diaryl/α,β-unsaturated/α-hetero) is 1. The van der Waals surface area contributed by atoms with Gasteiger partial charge in [-0.1, -0.05) is 19.3 Å². The second kappa shape index (κ2) is 6.06. The fourth-order valence-corrected chi connectivity index (χ4v) is 3.81. The molecule has 0 radical (unpaired) electrons. The molecule has 114 valence electrons. The quantitative estimate of drug-likeness (QED) is 0.663. The largest absolute Gasteiger partial charge is 0.504 e. The number of carbonyl (C=O) groups is 1. The third-order valence-electron chi connectivity index (χ3n) is 5.04. The van der Waals surface area contributed by atoms with E-state index in [1.807, 2.05) is 0 Å². The maximum atomic E-state index is 12.3. The summed E-state index contributed by atoms with van der Waals surface area (Å²) in [6, 6.07) is 4.30. The SMILES string of the molecule is O=C(CN1CCC2CCCCC2C1)c1ccc(O)c(O)c1. The molecule has 1 aliphatic heterocycles. The maximum Gasteiger partial charge on any atom is 0.176 e. The molecule has 2 atom stereocenters. The fraction of sp³-hybridized carbons (Fsp3) is 0.588. The Balaban J connectivity index is 1.61. The highest BCUT2D eigenvalue weighted by Crippen LogP contribution is 2.36. The molecule has 4 nitrogen and oxygen atoms in total. The minimum absolute atomic E-state index is 0.0135. The van der Waals surface area contributed by atoms with Crippen molar-refractivity contribution in [2.45, 2.75) is 32.1 Å². The molecule has 2 aliphatic rings. The van der Waals surface area contributed by atoms with Gasteiger partial charge in [-0.25, -0.2) is 0 Å². The van der Waals surface area contributed by atoms with Gasteiger partial charge in [0.2, 0.25) is 0 Å². The highest BCUT2D eigenvalue weighted by Gasteiger charge is 2.31. The Labute approximate surface area is 125 Å². The van der Waals surface area contributed by atoms with E-state index in [9.17, 15) is 15.0 Å². The Morgan fingerprint density at radius 1 is 1.10 bits per heavy atom. The number of fused-ring (bicyclic) bond motifs is 1. The molecule has 1 heterocycles. The fourth-order valence-electron chi connectivity index (χ4n) is 3.81. The second-order valence-electron chi connectivity index (χ2n) is 6.46. The summed E-state index contributed by atoms with van der Waals surface area (Å²) < 4.78 is 0. The molecule has 0 aromatic heterocycles. The number of hydrogen-bond donors (Lipinski definition) is 2. The molecule has 1 aromatic rings. The summed E-state index contributed by atoms with van der Waals surface area (Å²) >= 11 is 0. The molecule has 3 rings (SSSR count). The molecule has 4 heteroatoms. The van der Waals surface area contributed by atoms with Crippen LogP contribution in [-0.4, -0.2) is 40.5 Å². The van der Waals surface area contributed by atoms with Crippen LogP contribution >= 0.6 is 0 Å². The van der Waals surface area contributed by atoms with Gasteiger partial charge >= 0.3 is 0 Å². The standard InChI is InChI=1S/C17H23NO3/c19-15-6-5-13(9-16(15)20)17(21)11-18-8-7-12-3-1-2-4-14(12)10-18/h5-6,9,12,14,19-20H,1-4,7-8,10-11H2. The van der Waals surface area contributed by atoms with Crippen molar-refractivity contribution >= 4 is 5.78 Å². The van der Waals surface area contributed by atoms with Gasteiger partial charge in [-0.2, -0.15) is 0 Å². The number of rotatable bonds is 3. The van der Waals surface area contributed by atoms with Gasteiger partial charge in [0.25, 0.3) is 0 Å². The average molecular weight is 289 g/mol. The minimum atomic E-state index is -0.230. The predicted molar refractivity (Wildman–Crippen MR) is 80.6 cm³/mol. The zero-order valence-electron chi connectivity index (χ0n) is 12.3. The van der Waals surface area contributed by atoms with E-state index in [1.54, 1.807) is 6.07 Å². The van der Waals surface area contributed by atoms with Crippen molar-refractivity contribution in [3.8, 4) is 11.5 Å². The Hall–Kier alpha value is -1.55. The zero-order chi connectivity index (χ0) is 14.8. The van der Waals surface area contributed by atoms with E-state index >= 15 is 0 Å². The van der Waals surface area contributed by atoms with Gasteiger partial charge in [-0.05, 0) is 49.4 Å². The van der Waals surface area contributed by atoms with Crippen LogP contribution < -0.4 is 0 Å². The van der Waals surface area contributed by atoms with Crippen LogP contribution in [0.25, 0.3) is 0 Å². The summed E-state index contributed by atoms with van der Waals surface area (Å²) in [5.41, 5.74) is 0.469. The highest BCUT2D eigenvalue weighted by atomic mass is 16.3. The molecule has 2 unspecified atom stereocenters. The van der Waals surface area contributed by atoms with Crippen molar-refractivity contribution in [3.05, 3.63) is 23.8 Å². The van der Waals surface area contributed by atoms with Crippen molar-refractivity contribution in [2.24, 2.45) is 11.8 Å². The Morgan fingerprint density at radius 2 is 1.86 bits per heavy atom. The van der Waals surface area contributed by atoms with Crippen LogP contribution in [0.15, 0.2) is 18.2 Å². The van der Waals surface area contributed by atoms with E-state index < -0.39 is 0 Å². The van der Waals surface area contributed by atoms with Crippen LogP contribution in [-0.2, 0) is 0 Å². The first kappa shape index (κ1) is 14.4. The molecule has 2 N–H and O–H groups in total. The van der Waals surface area contributed by atoms with Gasteiger partial charge in [-0.3, -0.25) is 9.69 Å². The first-order chi connectivity index (χ1) is 10.1. The van der Waals surface area contributed by atoms with E-state index in [-0.39, 0.29) is 17.3 Å². The summed E-state index contributed by atoms with van der Waals surface area (Å²) in [4.78, 5) is 14.6. The van der Waals surface area contributed by atoms with Gasteiger partial charge in [0, 0.05) is 12.1 Å². The molecule has 2 fully saturated rings. The molecule has 0 amide bonds. The number of phenolic OH excluding ortho intramolecular Hbond substituents is 2. The van der Waals surface area contributed by atoms with Gasteiger partial charge in [0.15, 0.2) is 17.3 Å². The van der Waals surface area contributed by atoms with Crippen molar-refractivity contribution in [1.82, 2.24) is 4.90 Å². The minimum Gasteiger partial charge on any atom is -0.504 e. The van der Waals surface area contributed by atoms with Gasteiger partial charge < -0.3 is 10.2 Å². The molecule has 0 spiro atoms. The van der Waals surface area contributed by atoms with E-state index in [1.165, 1.54) is 44.2 Å². The first-order valence-electron chi connectivity index (χ1n) is 7.91. The van der Waals surface area contributed by atoms with Crippen LogP contribution in [0.4, 0.5) is 0 Å². The number of benzene rings is 1. The van der Waals surface area contributed by atoms with Crippen LogP contribution in [0.1, 0.15) is 42.5 Å². The smallest absolute Gasteiger partial charge is 0.176 e. The lowest BCUT2D eigenvalue weighted by Gasteiger charge is -2.41. The predicted octanol–water partition coefficient (Wildman–Crippen LogP) is 2.79. The van der Waals surface area contributed by atoms with Crippen LogP contribution in [0, 0.1) is 11.8 Å². The van der Waals surface area contributed by atoms with Crippen LogP contribution in [0.5, 0.6) is 11.5 Å². The third kappa shape index (κ3) is 3.21. The molecular formula is C17H23NO3. The highest BCUT2D eigenvalue weighted by molar-refractivity contribution is 5.98. The maximum absolute atomic E-state index is 12.3. The Morgan fingerprint density at radius 3 is 2.62 bits per heavy atom. The second-order valence-corrected chi connectivity index (χ2v) is 6.46.